The number of hydrogen-bond donors (Lipinski definition) is 2. The molecule has 0 radical (unpaired) electrons. The number of hydrogen-bond acceptors (Lipinski definition) is 4. The van der Waals surface area contributed by atoms with Crippen LogP contribution in [0.15, 0.2) is 42.5 Å². The molecule has 5 nitrogen and oxygen atoms in total. The van der Waals surface area contributed by atoms with Crippen LogP contribution >= 0.6 is 11.6 Å². The highest BCUT2D eigenvalue weighted by atomic mass is 35.5. The van der Waals surface area contributed by atoms with E-state index in [2.05, 4.69) is 15.8 Å². The van der Waals surface area contributed by atoms with Crippen molar-refractivity contribution in [3.8, 4) is 0 Å². The quantitative estimate of drug-likeness (QED) is 0.463. The summed E-state index contributed by atoms with van der Waals surface area (Å²) in [6, 6.07) is 6.74. The van der Waals surface area contributed by atoms with Crippen molar-refractivity contribution in [3.63, 3.8) is 0 Å². The number of halogens is 7. The van der Waals surface area contributed by atoms with Crippen LogP contribution in [0.1, 0.15) is 22.7 Å². The predicted molar refractivity (Wildman–Crippen MR) is 111 cm³/mol. The summed E-state index contributed by atoms with van der Waals surface area (Å²) in [7, 11) is 1.93. The molecule has 1 amide bonds. The van der Waals surface area contributed by atoms with Gasteiger partial charge in [-0.1, -0.05) is 29.8 Å². The van der Waals surface area contributed by atoms with E-state index in [0.717, 1.165) is 0 Å². The molecule has 0 saturated carbocycles. The first-order valence-electron chi connectivity index (χ1n) is 9.88. The van der Waals surface area contributed by atoms with Gasteiger partial charge in [-0.15, -0.1) is 0 Å². The number of rotatable bonds is 5. The van der Waals surface area contributed by atoms with Crippen LogP contribution in [0.4, 0.5) is 32.0 Å². The van der Waals surface area contributed by atoms with Gasteiger partial charge in [0.2, 0.25) is 0 Å². The minimum Gasteiger partial charge on any atom is -0.304 e. The first-order chi connectivity index (χ1) is 15.4. The lowest BCUT2D eigenvalue weighted by atomic mass is 10.0. The maximum Gasteiger partial charge on any atom is 0.416 e. The van der Waals surface area contributed by atoms with E-state index < -0.39 is 41.1 Å². The summed E-state index contributed by atoms with van der Waals surface area (Å²) >= 11 is 6.28. The summed E-state index contributed by atoms with van der Waals surface area (Å²) in [5, 5.41) is 0.315. The third-order valence-electron chi connectivity index (χ3n) is 5.27. The van der Waals surface area contributed by atoms with Crippen molar-refractivity contribution in [1.29, 1.82) is 0 Å². The topological polar surface area (TPSA) is 47.6 Å². The monoisotopic (exact) mass is 494 g/mol. The highest BCUT2D eigenvalue weighted by molar-refractivity contribution is 6.31. The largest absolute Gasteiger partial charge is 0.416 e. The summed E-state index contributed by atoms with van der Waals surface area (Å²) in [5.74, 6) is -0.668. The SMILES string of the molecule is CN1CCN([C@@H](C(=O)NNc2cc(C(F)(F)F)cc(C(F)(F)F)c2)c2ccccc2Cl)CC1. The highest BCUT2D eigenvalue weighted by Gasteiger charge is 2.37. The average molecular weight is 495 g/mol. The van der Waals surface area contributed by atoms with Crippen LogP contribution in [-0.4, -0.2) is 48.9 Å². The molecule has 33 heavy (non-hydrogen) atoms. The molecule has 0 aromatic heterocycles. The van der Waals surface area contributed by atoms with Crippen molar-refractivity contribution in [2.75, 3.05) is 38.7 Å². The number of anilines is 1. The number of piperazine rings is 1. The molecule has 0 unspecified atom stereocenters. The van der Waals surface area contributed by atoms with Gasteiger partial charge in [0.05, 0.1) is 16.8 Å². The van der Waals surface area contributed by atoms with Gasteiger partial charge < -0.3 is 4.90 Å². The first kappa shape index (κ1) is 25.1. The van der Waals surface area contributed by atoms with Crippen LogP contribution in [-0.2, 0) is 17.1 Å². The molecule has 1 atom stereocenters. The van der Waals surface area contributed by atoms with Gasteiger partial charge in [0, 0.05) is 31.2 Å². The number of alkyl halides is 6. The number of likely N-dealkylation sites (N-methyl/N-ethyl adjacent to an activating group) is 1. The maximum absolute atomic E-state index is 13.1. The second-order valence-electron chi connectivity index (χ2n) is 7.67. The number of hydrazine groups is 1. The van der Waals surface area contributed by atoms with Crippen LogP contribution in [0.2, 0.25) is 5.02 Å². The van der Waals surface area contributed by atoms with Gasteiger partial charge in [0.15, 0.2) is 0 Å². The number of amides is 1. The van der Waals surface area contributed by atoms with Gasteiger partial charge in [-0.05, 0) is 36.9 Å². The lowest BCUT2D eigenvalue weighted by Gasteiger charge is -2.37. The Morgan fingerprint density at radius 1 is 0.939 bits per heavy atom. The van der Waals surface area contributed by atoms with Crippen molar-refractivity contribution in [2.45, 2.75) is 18.4 Å². The second-order valence-corrected chi connectivity index (χ2v) is 8.08. The first-order valence-corrected chi connectivity index (χ1v) is 10.3. The van der Waals surface area contributed by atoms with Gasteiger partial charge in [0.1, 0.15) is 6.04 Å². The van der Waals surface area contributed by atoms with Crippen LogP contribution in [0.25, 0.3) is 0 Å². The lowest BCUT2D eigenvalue weighted by molar-refractivity contribution is -0.143. The van der Waals surface area contributed by atoms with E-state index in [9.17, 15) is 31.1 Å². The van der Waals surface area contributed by atoms with Gasteiger partial charge in [-0.2, -0.15) is 26.3 Å². The summed E-state index contributed by atoms with van der Waals surface area (Å²) in [6.45, 7) is 2.37. The zero-order chi connectivity index (χ0) is 24.4. The fraction of sp³-hybridized carbons (Fsp3) is 0.381. The van der Waals surface area contributed by atoms with E-state index in [4.69, 9.17) is 11.6 Å². The summed E-state index contributed by atoms with van der Waals surface area (Å²) in [5.41, 5.74) is 1.40. The van der Waals surface area contributed by atoms with E-state index in [1.54, 1.807) is 24.3 Å². The Labute approximate surface area is 191 Å². The van der Waals surface area contributed by atoms with E-state index >= 15 is 0 Å². The van der Waals surface area contributed by atoms with Gasteiger partial charge in [-0.25, -0.2) is 0 Å². The molecule has 3 rings (SSSR count). The number of benzene rings is 2. The predicted octanol–water partition coefficient (Wildman–Crippen LogP) is 4.81. The number of carbonyl (C=O) groups excluding carboxylic acids is 1. The van der Waals surface area contributed by atoms with E-state index in [1.807, 2.05) is 11.9 Å². The van der Waals surface area contributed by atoms with Crippen molar-refractivity contribution in [3.05, 3.63) is 64.2 Å². The smallest absolute Gasteiger partial charge is 0.304 e. The lowest BCUT2D eigenvalue weighted by Crippen LogP contribution is -2.50. The Kier molecular flexibility index (Phi) is 7.45. The zero-order valence-corrected chi connectivity index (χ0v) is 18.2. The molecule has 0 aliphatic carbocycles. The minimum atomic E-state index is -5.00. The number of nitrogens with zero attached hydrogens (tertiary/aromatic N) is 2. The Morgan fingerprint density at radius 2 is 1.48 bits per heavy atom. The second kappa shape index (κ2) is 9.78. The van der Waals surface area contributed by atoms with Crippen LogP contribution in [0.5, 0.6) is 0 Å². The standard InChI is InChI=1S/C21H21ClF6N4O/c1-31-6-8-32(9-7-31)18(16-4-2-3-5-17(16)22)19(33)30-29-15-11-13(20(23,24)25)10-14(12-15)21(26,27)28/h2-5,10-12,18,29H,6-9H2,1H3,(H,30,33)/t18-/m1/s1. The van der Waals surface area contributed by atoms with Crippen LogP contribution < -0.4 is 10.9 Å². The number of nitrogens with one attached hydrogen (secondary N) is 2. The van der Waals surface area contributed by atoms with Crippen molar-refractivity contribution >= 4 is 23.2 Å². The summed E-state index contributed by atoms with van der Waals surface area (Å²) < 4.78 is 78.6. The molecule has 1 aliphatic rings. The average Bonchev–Trinajstić information content (AvgIpc) is 2.73. The molecule has 12 heteroatoms. The van der Waals surface area contributed by atoms with Crippen molar-refractivity contribution in [1.82, 2.24) is 15.2 Å². The zero-order valence-electron chi connectivity index (χ0n) is 17.4. The molecule has 180 valence electrons. The van der Waals surface area contributed by atoms with Crippen LogP contribution in [0.3, 0.4) is 0 Å². The Hall–Kier alpha value is -2.50. The molecule has 1 fully saturated rings. The van der Waals surface area contributed by atoms with E-state index in [0.29, 0.717) is 48.9 Å². The maximum atomic E-state index is 13.1. The van der Waals surface area contributed by atoms with Crippen LogP contribution in [0, 0.1) is 0 Å². The summed E-state index contributed by atoms with van der Waals surface area (Å²) in [6.07, 6.45) is -10.00. The van der Waals surface area contributed by atoms with Crippen molar-refractivity contribution < 1.29 is 31.1 Å². The molecular formula is C21H21ClF6N4O. The third kappa shape index (κ3) is 6.30. The van der Waals surface area contributed by atoms with Gasteiger partial charge >= 0.3 is 12.4 Å². The summed E-state index contributed by atoms with van der Waals surface area (Å²) in [4.78, 5) is 17.0. The van der Waals surface area contributed by atoms with E-state index in [-0.39, 0.29) is 6.07 Å². The normalized spacial score (nSPS) is 17.0. The Bertz CT molecular complexity index is 957. The van der Waals surface area contributed by atoms with Gasteiger partial charge in [0.25, 0.3) is 5.91 Å². The molecule has 1 aliphatic heterocycles. The molecular weight excluding hydrogens is 474 g/mol. The Balaban J connectivity index is 1.86. The molecule has 0 spiro atoms. The van der Waals surface area contributed by atoms with Gasteiger partial charge in [-0.3, -0.25) is 20.5 Å². The molecule has 2 N–H and O–H groups in total. The molecule has 2 aromatic rings. The molecule has 2 aromatic carbocycles. The molecule has 1 saturated heterocycles. The fourth-order valence-corrected chi connectivity index (χ4v) is 3.75. The molecule has 1 heterocycles. The highest BCUT2D eigenvalue weighted by Crippen LogP contribution is 2.37. The fourth-order valence-electron chi connectivity index (χ4n) is 3.51. The van der Waals surface area contributed by atoms with E-state index in [1.165, 1.54) is 0 Å². The Morgan fingerprint density at radius 3 is 2.00 bits per heavy atom. The minimum absolute atomic E-state index is 0.0176. The number of carbonyl (C=O) groups is 1. The third-order valence-corrected chi connectivity index (χ3v) is 5.61. The van der Waals surface area contributed by atoms with Crippen molar-refractivity contribution in [2.24, 2.45) is 0 Å². The molecule has 0 bridgehead atoms.